The fourth-order valence-electron chi connectivity index (χ4n) is 2.37. The molecule has 134 valence electrons. The molecule has 0 radical (unpaired) electrons. The Balaban J connectivity index is 1.76. The van der Waals surface area contributed by atoms with Crippen LogP contribution in [0.2, 0.25) is 5.02 Å². The number of amides is 1. The van der Waals surface area contributed by atoms with Crippen molar-refractivity contribution in [3.63, 3.8) is 0 Å². The summed E-state index contributed by atoms with van der Waals surface area (Å²) >= 11 is 5.91. The van der Waals surface area contributed by atoms with Crippen LogP contribution in [-0.2, 0) is 4.79 Å². The van der Waals surface area contributed by atoms with Crippen molar-refractivity contribution in [2.45, 2.75) is 32.6 Å². The third-order valence-corrected chi connectivity index (χ3v) is 3.90. The molecule has 0 saturated heterocycles. The van der Waals surface area contributed by atoms with E-state index in [2.05, 4.69) is 17.6 Å². The van der Waals surface area contributed by atoms with Crippen LogP contribution in [0.1, 0.15) is 32.6 Å². The van der Waals surface area contributed by atoms with Gasteiger partial charge in [-0.25, -0.2) is 0 Å². The van der Waals surface area contributed by atoms with Gasteiger partial charge in [0.05, 0.1) is 13.2 Å². The molecule has 25 heavy (non-hydrogen) atoms. The lowest BCUT2D eigenvalue weighted by Gasteiger charge is -2.10. The fourth-order valence-corrected chi connectivity index (χ4v) is 2.56. The lowest BCUT2D eigenvalue weighted by Crippen LogP contribution is -2.21. The summed E-state index contributed by atoms with van der Waals surface area (Å²) in [5, 5.41) is 6.50. The molecule has 2 aromatic rings. The molecule has 0 atom stereocenters. The third-order valence-electron chi connectivity index (χ3n) is 3.66. The molecule has 0 saturated carbocycles. The number of anilines is 2. The molecule has 0 spiro atoms. The Hall–Kier alpha value is -2.20. The van der Waals surface area contributed by atoms with Gasteiger partial charge in [0.15, 0.2) is 0 Å². The van der Waals surface area contributed by atoms with Crippen molar-refractivity contribution in [3.8, 4) is 5.75 Å². The van der Waals surface area contributed by atoms with E-state index in [4.69, 9.17) is 16.3 Å². The minimum Gasteiger partial charge on any atom is -0.494 e. The van der Waals surface area contributed by atoms with Crippen molar-refractivity contribution in [3.05, 3.63) is 53.6 Å². The highest BCUT2D eigenvalue weighted by Crippen LogP contribution is 2.18. The largest absolute Gasteiger partial charge is 0.494 e. The van der Waals surface area contributed by atoms with Crippen molar-refractivity contribution in [1.29, 1.82) is 0 Å². The van der Waals surface area contributed by atoms with Crippen molar-refractivity contribution in [2.75, 3.05) is 23.8 Å². The molecule has 0 fully saturated rings. The molecular weight excluding hydrogens is 336 g/mol. The minimum atomic E-state index is -0.131. The number of rotatable bonds is 10. The van der Waals surface area contributed by atoms with E-state index < -0.39 is 0 Å². The number of carbonyl (C=O) groups excluding carboxylic acids is 1. The highest BCUT2D eigenvalue weighted by molar-refractivity contribution is 6.30. The average Bonchev–Trinajstić information content (AvgIpc) is 2.60. The molecule has 0 aliphatic carbocycles. The molecule has 0 bridgehead atoms. The van der Waals surface area contributed by atoms with Crippen LogP contribution in [0.3, 0.4) is 0 Å². The first-order chi connectivity index (χ1) is 12.2. The summed E-state index contributed by atoms with van der Waals surface area (Å²) < 4.78 is 5.75. The Morgan fingerprint density at radius 3 is 2.64 bits per heavy atom. The Kier molecular flexibility index (Phi) is 8.13. The molecule has 2 rings (SSSR count). The van der Waals surface area contributed by atoms with Gasteiger partial charge in [0.2, 0.25) is 5.91 Å². The second-order valence-corrected chi connectivity index (χ2v) is 6.29. The van der Waals surface area contributed by atoms with Crippen LogP contribution in [0.15, 0.2) is 48.5 Å². The molecule has 0 heterocycles. The van der Waals surface area contributed by atoms with Crippen LogP contribution in [0.25, 0.3) is 0 Å². The summed E-state index contributed by atoms with van der Waals surface area (Å²) in [7, 11) is 0. The van der Waals surface area contributed by atoms with E-state index in [9.17, 15) is 4.79 Å². The zero-order chi connectivity index (χ0) is 17.9. The van der Waals surface area contributed by atoms with Gasteiger partial charge in [0, 0.05) is 22.5 Å². The third kappa shape index (κ3) is 7.48. The summed E-state index contributed by atoms with van der Waals surface area (Å²) in [6, 6.07) is 14.7. The summed E-state index contributed by atoms with van der Waals surface area (Å²) in [5.74, 6) is 0.685. The molecule has 1 amide bonds. The molecule has 2 N–H and O–H groups in total. The first-order valence-corrected chi connectivity index (χ1v) is 9.07. The number of hydrogen-bond donors (Lipinski definition) is 2. The van der Waals surface area contributed by atoms with Crippen LogP contribution in [-0.4, -0.2) is 19.1 Å². The highest BCUT2D eigenvalue weighted by atomic mass is 35.5. The van der Waals surface area contributed by atoms with Crippen molar-refractivity contribution < 1.29 is 9.53 Å². The molecule has 0 aromatic heterocycles. The molecule has 2 aromatic carbocycles. The van der Waals surface area contributed by atoms with Crippen LogP contribution in [0.5, 0.6) is 5.75 Å². The van der Waals surface area contributed by atoms with Crippen molar-refractivity contribution in [2.24, 2.45) is 0 Å². The van der Waals surface area contributed by atoms with E-state index in [1.165, 1.54) is 19.3 Å². The maximum Gasteiger partial charge on any atom is 0.243 e. The van der Waals surface area contributed by atoms with E-state index in [-0.39, 0.29) is 12.5 Å². The van der Waals surface area contributed by atoms with Crippen molar-refractivity contribution in [1.82, 2.24) is 0 Å². The predicted octanol–water partition coefficient (Wildman–Crippen LogP) is 5.35. The van der Waals surface area contributed by atoms with E-state index in [1.54, 1.807) is 24.3 Å². The standard InChI is InChI=1S/C20H25ClN2O2/c1-2-3-4-5-12-25-19-11-7-9-17(14-19)22-15-20(24)23-18-10-6-8-16(21)13-18/h6-11,13-14,22H,2-5,12,15H2,1H3,(H,23,24). The molecule has 0 unspecified atom stereocenters. The quantitative estimate of drug-likeness (QED) is 0.561. The summed E-state index contributed by atoms with van der Waals surface area (Å²) in [4.78, 5) is 12.0. The van der Waals surface area contributed by atoms with Crippen molar-refractivity contribution >= 4 is 28.9 Å². The van der Waals surface area contributed by atoms with Gasteiger partial charge in [-0.2, -0.15) is 0 Å². The van der Waals surface area contributed by atoms with Gasteiger partial charge >= 0.3 is 0 Å². The number of nitrogens with one attached hydrogen (secondary N) is 2. The molecule has 4 nitrogen and oxygen atoms in total. The van der Waals surface area contributed by atoms with Crippen LogP contribution in [0.4, 0.5) is 11.4 Å². The van der Waals surface area contributed by atoms with E-state index >= 15 is 0 Å². The predicted molar refractivity (Wildman–Crippen MR) is 105 cm³/mol. The maximum atomic E-state index is 12.0. The van der Waals surface area contributed by atoms with Gasteiger partial charge in [-0.1, -0.05) is 49.9 Å². The number of hydrogen-bond acceptors (Lipinski definition) is 3. The Labute approximate surface area is 154 Å². The zero-order valence-corrected chi connectivity index (χ0v) is 15.3. The number of halogens is 1. The molecule has 0 aliphatic heterocycles. The fraction of sp³-hybridized carbons (Fsp3) is 0.350. The summed E-state index contributed by atoms with van der Waals surface area (Å²) in [6.45, 7) is 3.09. The lowest BCUT2D eigenvalue weighted by atomic mass is 10.2. The topological polar surface area (TPSA) is 50.4 Å². The van der Waals surface area contributed by atoms with Gasteiger partial charge in [0.25, 0.3) is 0 Å². The first kappa shape index (κ1) is 19.1. The van der Waals surface area contributed by atoms with Gasteiger partial charge in [-0.3, -0.25) is 4.79 Å². The monoisotopic (exact) mass is 360 g/mol. The molecular formula is C20H25ClN2O2. The van der Waals surface area contributed by atoms with Gasteiger partial charge in [-0.15, -0.1) is 0 Å². The number of benzene rings is 2. The van der Waals surface area contributed by atoms with Crippen LogP contribution >= 0.6 is 11.6 Å². The average molecular weight is 361 g/mol. The number of carbonyl (C=O) groups is 1. The summed E-state index contributed by atoms with van der Waals surface area (Å²) in [6.07, 6.45) is 4.72. The minimum absolute atomic E-state index is 0.131. The molecule has 5 heteroatoms. The van der Waals surface area contributed by atoms with Gasteiger partial charge in [0.1, 0.15) is 5.75 Å². The van der Waals surface area contributed by atoms with E-state index in [0.29, 0.717) is 10.7 Å². The van der Waals surface area contributed by atoms with Gasteiger partial charge < -0.3 is 15.4 Å². The highest BCUT2D eigenvalue weighted by Gasteiger charge is 2.04. The Morgan fingerprint density at radius 1 is 1.04 bits per heavy atom. The van der Waals surface area contributed by atoms with Gasteiger partial charge in [-0.05, 0) is 36.8 Å². The number of ether oxygens (including phenoxy) is 1. The van der Waals surface area contributed by atoms with Crippen LogP contribution in [0, 0.1) is 0 Å². The van der Waals surface area contributed by atoms with E-state index in [0.717, 1.165) is 24.5 Å². The molecule has 0 aliphatic rings. The number of unbranched alkanes of at least 4 members (excludes halogenated alkanes) is 3. The summed E-state index contributed by atoms with van der Waals surface area (Å²) in [5.41, 5.74) is 1.54. The lowest BCUT2D eigenvalue weighted by molar-refractivity contribution is -0.114. The zero-order valence-electron chi connectivity index (χ0n) is 14.6. The second-order valence-electron chi connectivity index (χ2n) is 5.85. The SMILES string of the molecule is CCCCCCOc1cccc(NCC(=O)Nc2cccc(Cl)c2)c1. The van der Waals surface area contributed by atoms with Crippen LogP contribution < -0.4 is 15.4 Å². The Bertz CT molecular complexity index is 676. The maximum absolute atomic E-state index is 12.0. The smallest absolute Gasteiger partial charge is 0.243 e. The normalized spacial score (nSPS) is 10.3. The van der Waals surface area contributed by atoms with E-state index in [1.807, 2.05) is 24.3 Å². The first-order valence-electron chi connectivity index (χ1n) is 8.69. The second kappa shape index (κ2) is 10.6. The Morgan fingerprint density at radius 2 is 1.84 bits per heavy atom.